The SMILES string of the molecule is CC(C)OC(=O)/C(C#N)=C/c1cc(Br)cs1. The highest BCUT2D eigenvalue weighted by molar-refractivity contribution is 9.10. The third-order valence-electron chi connectivity index (χ3n) is 1.56. The predicted octanol–water partition coefficient (Wildman–Crippen LogP) is 3.37. The molecule has 0 atom stereocenters. The molecule has 1 rings (SSSR count). The molecular weight excluding hydrogens is 290 g/mol. The average Bonchev–Trinajstić information content (AvgIpc) is 2.59. The summed E-state index contributed by atoms with van der Waals surface area (Å²) in [5.74, 6) is -0.581. The van der Waals surface area contributed by atoms with Gasteiger partial charge in [0.25, 0.3) is 0 Å². The minimum absolute atomic E-state index is 0.0167. The molecule has 1 aromatic heterocycles. The van der Waals surface area contributed by atoms with E-state index in [-0.39, 0.29) is 11.7 Å². The largest absolute Gasteiger partial charge is 0.459 e. The Morgan fingerprint density at radius 3 is 2.81 bits per heavy atom. The van der Waals surface area contributed by atoms with E-state index in [4.69, 9.17) is 10.00 Å². The van der Waals surface area contributed by atoms with Crippen molar-refractivity contribution < 1.29 is 9.53 Å². The molecule has 0 aromatic carbocycles. The van der Waals surface area contributed by atoms with E-state index < -0.39 is 5.97 Å². The quantitative estimate of drug-likeness (QED) is 0.488. The topological polar surface area (TPSA) is 50.1 Å². The maximum Gasteiger partial charge on any atom is 0.349 e. The molecule has 0 unspecified atom stereocenters. The number of carbonyl (C=O) groups excluding carboxylic acids is 1. The van der Waals surface area contributed by atoms with Gasteiger partial charge in [-0.05, 0) is 41.9 Å². The van der Waals surface area contributed by atoms with E-state index >= 15 is 0 Å². The van der Waals surface area contributed by atoms with Gasteiger partial charge in [0.2, 0.25) is 0 Å². The van der Waals surface area contributed by atoms with Crippen LogP contribution in [-0.2, 0) is 9.53 Å². The third kappa shape index (κ3) is 3.80. The van der Waals surface area contributed by atoms with E-state index in [9.17, 15) is 4.79 Å². The van der Waals surface area contributed by atoms with Crippen LogP contribution in [0.2, 0.25) is 0 Å². The van der Waals surface area contributed by atoms with Crippen molar-refractivity contribution in [2.75, 3.05) is 0 Å². The van der Waals surface area contributed by atoms with Gasteiger partial charge < -0.3 is 4.74 Å². The first kappa shape index (κ1) is 12.9. The smallest absolute Gasteiger partial charge is 0.349 e. The van der Waals surface area contributed by atoms with Crippen LogP contribution < -0.4 is 0 Å². The molecule has 0 aliphatic heterocycles. The van der Waals surface area contributed by atoms with E-state index in [0.717, 1.165) is 9.35 Å². The van der Waals surface area contributed by atoms with Crippen LogP contribution in [0.5, 0.6) is 0 Å². The summed E-state index contributed by atoms with van der Waals surface area (Å²) >= 11 is 4.75. The van der Waals surface area contributed by atoms with Crippen molar-refractivity contribution in [2.24, 2.45) is 0 Å². The minimum Gasteiger partial charge on any atom is -0.459 e. The fourth-order valence-electron chi connectivity index (χ4n) is 0.961. The van der Waals surface area contributed by atoms with Gasteiger partial charge in [0, 0.05) is 14.7 Å². The lowest BCUT2D eigenvalue weighted by atomic mass is 10.2. The summed E-state index contributed by atoms with van der Waals surface area (Å²) in [4.78, 5) is 12.3. The molecular formula is C11H10BrNO2S. The maximum absolute atomic E-state index is 11.5. The van der Waals surface area contributed by atoms with E-state index in [1.807, 2.05) is 17.5 Å². The van der Waals surface area contributed by atoms with Crippen molar-refractivity contribution in [3.05, 3.63) is 26.4 Å². The number of nitriles is 1. The van der Waals surface area contributed by atoms with Crippen molar-refractivity contribution in [3.8, 4) is 6.07 Å². The number of hydrogen-bond acceptors (Lipinski definition) is 4. The number of ether oxygens (including phenoxy) is 1. The van der Waals surface area contributed by atoms with Gasteiger partial charge in [-0.25, -0.2) is 4.79 Å². The van der Waals surface area contributed by atoms with Crippen molar-refractivity contribution in [2.45, 2.75) is 20.0 Å². The zero-order chi connectivity index (χ0) is 12.1. The van der Waals surface area contributed by atoms with E-state index in [1.54, 1.807) is 13.8 Å². The average molecular weight is 300 g/mol. The second-order valence-electron chi connectivity index (χ2n) is 3.29. The number of thiophene rings is 1. The number of esters is 1. The second kappa shape index (κ2) is 5.83. The molecule has 1 heterocycles. The second-order valence-corrected chi connectivity index (χ2v) is 5.15. The number of nitrogens with zero attached hydrogens (tertiary/aromatic N) is 1. The predicted molar refractivity (Wildman–Crippen MR) is 66.8 cm³/mol. The molecule has 0 spiro atoms. The highest BCUT2D eigenvalue weighted by Gasteiger charge is 2.12. The maximum atomic E-state index is 11.5. The van der Waals surface area contributed by atoms with Crippen LogP contribution in [0, 0.1) is 11.3 Å². The Hall–Kier alpha value is -1.12. The molecule has 0 saturated heterocycles. The molecule has 84 valence electrons. The van der Waals surface area contributed by atoms with Gasteiger partial charge in [0.15, 0.2) is 0 Å². The molecule has 0 fully saturated rings. The summed E-state index contributed by atoms with van der Waals surface area (Å²) in [5, 5.41) is 10.7. The first-order valence-electron chi connectivity index (χ1n) is 4.59. The van der Waals surface area contributed by atoms with Crippen LogP contribution in [0.4, 0.5) is 0 Å². The summed E-state index contributed by atoms with van der Waals surface area (Å²) in [6.45, 7) is 3.49. The van der Waals surface area contributed by atoms with Gasteiger partial charge in [0.05, 0.1) is 6.10 Å². The standard InChI is InChI=1S/C11H10BrNO2S/c1-7(2)15-11(14)8(5-13)3-10-4-9(12)6-16-10/h3-4,6-7H,1-2H3/b8-3+. The van der Waals surface area contributed by atoms with Gasteiger partial charge >= 0.3 is 5.97 Å². The van der Waals surface area contributed by atoms with E-state index in [1.165, 1.54) is 17.4 Å². The number of rotatable bonds is 3. The van der Waals surface area contributed by atoms with Crippen LogP contribution in [0.1, 0.15) is 18.7 Å². The Morgan fingerprint density at radius 1 is 1.69 bits per heavy atom. The Labute approximate surface area is 106 Å². The van der Waals surface area contributed by atoms with Gasteiger partial charge in [-0.15, -0.1) is 11.3 Å². The van der Waals surface area contributed by atoms with Crippen LogP contribution >= 0.6 is 27.3 Å². The summed E-state index contributed by atoms with van der Waals surface area (Å²) in [5.41, 5.74) is 0.0167. The summed E-state index contributed by atoms with van der Waals surface area (Å²) < 4.78 is 5.87. The fraction of sp³-hybridized carbons (Fsp3) is 0.273. The molecule has 5 heteroatoms. The van der Waals surface area contributed by atoms with Crippen molar-refractivity contribution >= 4 is 39.3 Å². The lowest BCUT2D eigenvalue weighted by Crippen LogP contribution is -2.12. The molecule has 0 bridgehead atoms. The minimum atomic E-state index is -0.581. The highest BCUT2D eigenvalue weighted by atomic mass is 79.9. The van der Waals surface area contributed by atoms with Crippen molar-refractivity contribution in [1.82, 2.24) is 0 Å². The van der Waals surface area contributed by atoms with Gasteiger partial charge in [-0.2, -0.15) is 5.26 Å². The van der Waals surface area contributed by atoms with Crippen molar-refractivity contribution in [3.63, 3.8) is 0 Å². The van der Waals surface area contributed by atoms with Crippen LogP contribution in [0.25, 0.3) is 6.08 Å². The number of hydrogen-bond donors (Lipinski definition) is 0. The summed E-state index contributed by atoms with van der Waals surface area (Å²) in [6.07, 6.45) is 1.31. The summed E-state index contributed by atoms with van der Waals surface area (Å²) in [7, 11) is 0. The van der Waals surface area contributed by atoms with Crippen LogP contribution in [0.15, 0.2) is 21.5 Å². The van der Waals surface area contributed by atoms with E-state index in [0.29, 0.717) is 0 Å². The van der Waals surface area contributed by atoms with Gasteiger partial charge in [0.1, 0.15) is 11.6 Å². The van der Waals surface area contributed by atoms with Gasteiger partial charge in [-0.3, -0.25) is 0 Å². The van der Waals surface area contributed by atoms with Crippen LogP contribution in [-0.4, -0.2) is 12.1 Å². The molecule has 0 aliphatic rings. The highest BCUT2D eigenvalue weighted by Crippen LogP contribution is 2.22. The molecule has 0 N–H and O–H groups in total. The first-order chi connectivity index (χ1) is 7.52. The third-order valence-corrected chi connectivity index (χ3v) is 3.20. The Balaban J connectivity index is 2.87. The normalized spacial score (nSPS) is 11.3. The Kier molecular flexibility index (Phi) is 4.71. The zero-order valence-electron chi connectivity index (χ0n) is 8.86. The van der Waals surface area contributed by atoms with Gasteiger partial charge in [-0.1, -0.05) is 0 Å². The van der Waals surface area contributed by atoms with Crippen LogP contribution in [0.3, 0.4) is 0 Å². The first-order valence-corrected chi connectivity index (χ1v) is 6.27. The van der Waals surface area contributed by atoms with Crippen molar-refractivity contribution in [1.29, 1.82) is 5.26 Å². The lowest BCUT2D eigenvalue weighted by molar-refractivity contribution is -0.142. The number of halogens is 1. The zero-order valence-corrected chi connectivity index (χ0v) is 11.3. The summed E-state index contributed by atoms with van der Waals surface area (Å²) in [6, 6.07) is 3.68. The fourth-order valence-corrected chi connectivity index (χ4v) is 2.34. The lowest BCUT2D eigenvalue weighted by Gasteiger charge is -2.05. The Bertz CT molecular complexity index is 457. The molecule has 1 aromatic rings. The number of carbonyl (C=O) groups is 1. The monoisotopic (exact) mass is 299 g/mol. The molecule has 3 nitrogen and oxygen atoms in total. The Morgan fingerprint density at radius 2 is 2.38 bits per heavy atom. The molecule has 0 aliphatic carbocycles. The van der Waals surface area contributed by atoms with E-state index in [2.05, 4.69) is 15.9 Å². The molecule has 0 amide bonds. The molecule has 0 radical (unpaired) electrons. The molecule has 16 heavy (non-hydrogen) atoms. The molecule has 0 saturated carbocycles.